The number of aldehydes is 1. The van der Waals surface area contributed by atoms with Gasteiger partial charge in [-0.2, -0.15) is 0 Å². The fourth-order valence-electron chi connectivity index (χ4n) is 2.93. The fourth-order valence-corrected chi connectivity index (χ4v) is 2.93. The molecule has 0 amide bonds. The Kier molecular flexibility index (Phi) is 3.63. The van der Waals surface area contributed by atoms with Crippen LogP contribution in [0.3, 0.4) is 0 Å². The molecule has 1 aromatic heterocycles. The van der Waals surface area contributed by atoms with Gasteiger partial charge in [0.2, 0.25) is 0 Å². The lowest BCUT2D eigenvalue weighted by atomic mass is 9.86. The van der Waals surface area contributed by atoms with E-state index in [1.165, 1.54) is 16.7 Å². The second-order valence-corrected chi connectivity index (χ2v) is 7.34. The summed E-state index contributed by atoms with van der Waals surface area (Å²) in [5.41, 5.74) is 7.50. The first-order chi connectivity index (χ1) is 10.8. The quantitative estimate of drug-likeness (QED) is 0.617. The summed E-state index contributed by atoms with van der Waals surface area (Å²) >= 11 is 0. The van der Waals surface area contributed by atoms with Crippen LogP contribution in [0.4, 0.5) is 0 Å². The van der Waals surface area contributed by atoms with E-state index < -0.39 is 0 Å². The number of aromatic amines is 1. The lowest BCUT2D eigenvalue weighted by Crippen LogP contribution is -2.10. The maximum Gasteiger partial charge on any atom is 0.152 e. The minimum atomic E-state index is 0.0617. The van der Waals surface area contributed by atoms with Crippen molar-refractivity contribution in [3.05, 3.63) is 58.7 Å². The second-order valence-electron chi connectivity index (χ2n) is 7.34. The van der Waals surface area contributed by atoms with E-state index >= 15 is 0 Å². The summed E-state index contributed by atoms with van der Waals surface area (Å²) in [5.74, 6) is 0. The van der Waals surface area contributed by atoms with Crippen molar-refractivity contribution in [1.29, 1.82) is 0 Å². The van der Waals surface area contributed by atoms with Gasteiger partial charge in [-0.25, -0.2) is 0 Å². The molecule has 2 heteroatoms. The number of H-pyrrole nitrogens is 1. The van der Waals surface area contributed by atoms with Gasteiger partial charge in [0.1, 0.15) is 0 Å². The molecule has 3 aromatic rings. The van der Waals surface area contributed by atoms with Crippen molar-refractivity contribution in [2.24, 2.45) is 0 Å². The monoisotopic (exact) mass is 305 g/mol. The minimum absolute atomic E-state index is 0.0617. The molecule has 0 aliphatic heterocycles. The first kappa shape index (κ1) is 15.5. The predicted octanol–water partition coefficient (Wildman–Crippen LogP) is 5.56. The number of fused-ring (bicyclic) bond motifs is 1. The van der Waals surface area contributed by atoms with Crippen molar-refractivity contribution >= 4 is 17.2 Å². The van der Waals surface area contributed by atoms with Crippen LogP contribution in [0.2, 0.25) is 0 Å². The molecular weight excluding hydrogens is 282 g/mol. The third-order valence-electron chi connectivity index (χ3n) is 4.62. The van der Waals surface area contributed by atoms with Gasteiger partial charge in [0, 0.05) is 16.5 Å². The van der Waals surface area contributed by atoms with Crippen LogP contribution in [0.15, 0.2) is 36.4 Å². The summed E-state index contributed by atoms with van der Waals surface area (Å²) in [7, 11) is 0. The van der Waals surface area contributed by atoms with Gasteiger partial charge in [-0.05, 0) is 59.7 Å². The summed E-state index contributed by atoms with van der Waals surface area (Å²) < 4.78 is 0. The van der Waals surface area contributed by atoms with Crippen LogP contribution in [0.1, 0.15) is 47.8 Å². The van der Waals surface area contributed by atoms with E-state index in [1.807, 2.05) is 0 Å². The van der Waals surface area contributed by atoms with Crippen LogP contribution in [-0.4, -0.2) is 11.3 Å². The molecule has 0 saturated heterocycles. The Morgan fingerprint density at radius 1 is 0.957 bits per heavy atom. The Hall–Kier alpha value is -2.35. The summed E-state index contributed by atoms with van der Waals surface area (Å²) in [6.45, 7) is 10.8. The number of nitrogens with one attached hydrogen (secondary N) is 1. The molecule has 1 heterocycles. The number of hydrogen-bond donors (Lipinski definition) is 1. The molecule has 0 aliphatic carbocycles. The lowest BCUT2D eigenvalue weighted by molar-refractivity contribution is 0.112. The average molecular weight is 305 g/mol. The first-order valence-corrected chi connectivity index (χ1v) is 8.00. The summed E-state index contributed by atoms with van der Waals surface area (Å²) in [4.78, 5) is 15.2. The zero-order valence-electron chi connectivity index (χ0n) is 14.4. The molecule has 0 atom stereocenters. The van der Waals surface area contributed by atoms with E-state index in [4.69, 9.17) is 0 Å². The van der Waals surface area contributed by atoms with Crippen molar-refractivity contribution in [3.63, 3.8) is 0 Å². The number of hydrogen-bond acceptors (Lipinski definition) is 1. The third kappa shape index (κ3) is 2.70. The Labute approximate surface area is 137 Å². The van der Waals surface area contributed by atoms with E-state index in [-0.39, 0.29) is 5.41 Å². The van der Waals surface area contributed by atoms with Gasteiger partial charge in [0.05, 0.1) is 5.69 Å². The molecule has 1 N–H and O–H groups in total. The number of carbonyl (C=O) groups is 1. The highest BCUT2D eigenvalue weighted by atomic mass is 16.1. The number of aryl methyl sites for hydroxylation is 2. The van der Waals surface area contributed by atoms with E-state index in [1.54, 1.807) is 0 Å². The van der Waals surface area contributed by atoms with Gasteiger partial charge in [-0.3, -0.25) is 4.79 Å². The van der Waals surface area contributed by atoms with Crippen LogP contribution in [0.25, 0.3) is 22.2 Å². The molecule has 0 unspecified atom stereocenters. The largest absolute Gasteiger partial charge is 0.354 e. The maximum absolute atomic E-state index is 11.8. The van der Waals surface area contributed by atoms with Crippen molar-refractivity contribution in [1.82, 2.24) is 4.98 Å². The summed E-state index contributed by atoms with van der Waals surface area (Å²) in [6.07, 6.45) is 0.968. The van der Waals surface area contributed by atoms with Crippen LogP contribution in [0, 0.1) is 13.8 Å². The van der Waals surface area contributed by atoms with Crippen molar-refractivity contribution in [3.8, 4) is 11.3 Å². The Balaban J connectivity index is 2.25. The van der Waals surface area contributed by atoms with E-state index in [9.17, 15) is 4.79 Å². The normalized spacial score (nSPS) is 11.9. The molecule has 23 heavy (non-hydrogen) atoms. The van der Waals surface area contributed by atoms with Crippen LogP contribution >= 0.6 is 0 Å². The molecular formula is C21H23NO. The van der Waals surface area contributed by atoms with Gasteiger partial charge >= 0.3 is 0 Å². The number of aromatic nitrogens is 1. The molecule has 0 spiro atoms. The van der Waals surface area contributed by atoms with Gasteiger partial charge in [-0.15, -0.1) is 0 Å². The molecule has 3 rings (SSSR count). The molecule has 2 nitrogen and oxygen atoms in total. The Morgan fingerprint density at radius 2 is 1.70 bits per heavy atom. The zero-order chi connectivity index (χ0) is 16.8. The lowest BCUT2D eigenvalue weighted by Gasteiger charge is -2.18. The molecule has 0 saturated carbocycles. The van der Waals surface area contributed by atoms with Gasteiger partial charge < -0.3 is 4.98 Å². The van der Waals surface area contributed by atoms with Gasteiger partial charge in [-0.1, -0.05) is 39.0 Å². The van der Waals surface area contributed by atoms with Crippen LogP contribution in [0.5, 0.6) is 0 Å². The van der Waals surface area contributed by atoms with Crippen LogP contribution in [-0.2, 0) is 5.41 Å². The highest BCUT2D eigenvalue weighted by Crippen LogP contribution is 2.33. The number of benzene rings is 2. The fraction of sp³-hybridized carbons (Fsp3) is 0.286. The summed E-state index contributed by atoms with van der Waals surface area (Å²) in [5, 5.41) is 1.00. The molecule has 0 fully saturated rings. The van der Waals surface area contributed by atoms with Crippen LogP contribution < -0.4 is 0 Å². The van der Waals surface area contributed by atoms with Crippen molar-refractivity contribution in [2.45, 2.75) is 40.0 Å². The standard InChI is InChI=1S/C21H23NO/c1-13-6-7-15(10-14(13)2)20-18(12-23)17-11-16(21(3,4)5)8-9-19(17)22-20/h6-12,22H,1-5H3. The van der Waals surface area contributed by atoms with Gasteiger partial charge in [0.15, 0.2) is 6.29 Å². The topological polar surface area (TPSA) is 32.9 Å². The highest BCUT2D eigenvalue weighted by Gasteiger charge is 2.18. The Bertz CT molecular complexity index is 894. The predicted molar refractivity (Wildman–Crippen MR) is 97.3 cm³/mol. The van der Waals surface area contributed by atoms with E-state index in [2.05, 4.69) is 76.0 Å². The zero-order valence-corrected chi connectivity index (χ0v) is 14.4. The SMILES string of the molecule is Cc1ccc(-c2[nH]c3ccc(C(C)(C)C)cc3c2C=O)cc1C. The molecule has 118 valence electrons. The number of carbonyl (C=O) groups excluding carboxylic acids is 1. The first-order valence-electron chi connectivity index (χ1n) is 8.00. The molecule has 0 bridgehead atoms. The molecule has 2 aromatic carbocycles. The third-order valence-corrected chi connectivity index (χ3v) is 4.62. The smallest absolute Gasteiger partial charge is 0.152 e. The van der Waals surface area contributed by atoms with Crippen molar-refractivity contribution < 1.29 is 4.79 Å². The maximum atomic E-state index is 11.8. The Morgan fingerprint density at radius 3 is 2.30 bits per heavy atom. The second kappa shape index (κ2) is 5.38. The van der Waals surface area contributed by atoms with E-state index in [0.29, 0.717) is 0 Å². The number of rotatable bonds is 2. The minimum Gasteiger partial charge on any atom is -0.354 e. The molecule has 0 aliphatic rings. The molecule has 0 radical (unpaired) electrons. The van der Waals surface area contributed by atoms with Crippen molar-refractivity contribution in [2.75, 3.05) is 0 Å². The highest BCUT2D eigenvalue weighted by molar-refractivity contribution is 6.04. The average Bonchev–Trinajstić information content (AvgIpc) is 2.86. The van der Waals surface area contributed by atoms with E-state index in [0.717, 1.165) is 34.0 Å². The van der Waals surface area contributed by atoms with Gasteiger partial charge in [0.25, 0.3) is 0 Å². The summed E-state index contributed by atoms with van der Waals surface area (Å²) in [6, 6.07) is 12.7.